The lowest BCUT2D eigenvalue weighted by Gasteiger charge is -2.33. The van der Waals surface area contributed by atoms with Crippen molar-refractivity contribution in [2.75, 3.05) is 5.32 Å². The van der Waals surface area contributed by atoms with Gasteiger partial charge in [0.2, 0.25) is 0 Å². The van der Waals surface area contributed by atoms with Crippen LogP contribution >= 0.6 is 0 Å². The molecule has 2 N–H and O–H groups in total. The Balaban J connectivity index is 2.05. The number of alkyl halides is 3. The molecule has 0 spiro atoms. The van der Waals surface area contributed by atoms with E-state index in [9.17, 15) is 13.2 Å². The number of hydrogen-bond donors (Lipinski definition) is 2. The van der Waals surface area contributed by atoms with Gasteiger partial charge in [0.15, 0.2) is 0 Å². The van der Waals surface area contributed by atoms with Crippen molar-refractivity contribution in [3.63, 3.8) is 0 Å². The first-order chi connectivity index (χ1) is 7.57. The highest BCUT2D eigenvalue weighted by Gasteiger charge is 2.45. The number of anilines is 1. The second kappa shape index (κ2) is 4.35. The number of rotatable bonds is 2. The summed E-state index contributed by atoms with van der Waals surface area (Å²) in [7, 11) is 0. The zero-order chi connectivity index (χ0) is 11.6. The van der Waals surface area contributed by atoms with Crippen LogP contribution in [0.2, 0.25) is 0 Å². The average Bonchev–Trinajstić information content (AvgIpc) is 2.70. The molecule has 6 heteroatoms. The van der Waals surface area contributed by atoms with Crippen molar-refractivity contribution in [1.29, 1.82) is 0 Å². The summed E-state index contributed by atoms with van der Waals surface area (Å²) in [5.74, 6) is -1.24. The molecule has 0 bridgehead atoms. The summed E-state index contributed by atoms with van der Waals surface area (Å²) < 4.78 is 38.3. The second-order valence-electron chi connectivity index (χ2n) is 4.17. The van der Waals surface area contributed by atoms with Crippen LogP contribution in [0, 0.1) is 5.92 Å². The average molecular weight is 233 g/mol. The van der Waals surface area contributed by atoms with Crippen LogP contribution in [-0.4, -0.2) is 22.4 Å². The van der Waals surface area contributed by atoms with Gasteiger partial charge >= 0.3 is 6.18 Å². The van der Waals surface area contributed by atoms with Gasteiger partial charge in [0.05, 0.1) is 17.8 Å². The third-order valence-electron chi connectivity index (χ3n) is 3.04. The lowest BCUT2D eigenvalue weighted by atomic mass is 9.84. The summed E-state index contributed by atoms with van der Waals surface area (Å²) >= 11 is 0. The summed E-state index contributed by atoms with van der Waals surface area (Å²) in [5, 5.41) is 9.19. The van der Waals surface area contributed by atoms with E-state index in [1.807, 2.05) is 0 Å². The molecular weight excluding hydrogens is 219 g/mol. The topological polar surface area (TPSA) is 40.7 Å². The molecule has 16 heavy (non-hydrogen) atoms. The van der Waals surface area contributed by atoms with E-state index in [4.69, 9.17) is 0 Å². The minimum atomic E-state index is -4.11. The Bertz CT molecular complexity index is 321. The SMILES string of the molecule is FC(F)(F)C1CCCCC1Nc1cn[nH]c1. The van der Waals surface area contributed by atoms with Gasteiger partial charge in [-0.3, -0.25) is 5.10 Å². The minimum absolute atomic E-state index is 0.221. The molecule has 2 unspecified atom stereocenters. The summed E-state index contributed by atoms with van der Waals surface area (Å²) in [6.45, 7) is 0. The first kappa shape index (κ1) is 11.3. The van der Waals surface area contributed by atoms with E-state index < -0.39 is 18.1 Å². The molecule has 0 aromatic carbocycles. The van der Waals surface area contributed by atoms with Gasteiger partial charge < -0.3 is 5.32 Å². The third kappa shape index (κ3) is 2.48. The van der Waals surface area contributed by atoms with Gasteiger partial charge in [-0.15, -0.1) is 0 Å². The van der Waals surface area contributed by atoms with Crippen LogP contribution in [0.25, 0.3) is 0 Å². The zero-order valence-electron chi connectivity index (χ0n) is 8.72. The second-order valence-corrected chi connectivity index (χ2v) is 4.17. The monoisotopic (exact) mass is 233 g/mol. The molecule has 3 nitrogen and oxygen atoms in total. The fourth-order valence-electron chi connectivity index (χ4n) is 2.24. The summed E-state index contributed by atoms with van der Waals surface area (Å²) in [5.41, 5.74) is 0.626. The Morgan fingerprint density at radius 3 is 2.69 bits per heavy atom. The molecule has 0 saturated heterocycles. The van der Waals surface area contributed by atoms with Crippen molar-refractivity contribution in [3.05, 3.63) is 12.4 Å². The van der Waals surface area contributed by atoms with Crippen molar-refractivity contribution < 1.29 is 13.2 Å². The van der Waals surface area contributed by atoms with E-state index in [0.29, 0.717) is 18.5 Å². The van der Waals surface area contributed by atoms with E-state index in [2.05, 4.69) is 15.5 Å². The van der Waals surface area contributed by atoms with E-state index >= 15 is 0 Å². The molecular formula is C10H14F3N3. The van der Waals surface area contributed by atoms with Crippen molar-refractivity contribution in [3.8, 4) is 0 Å². The predicted molar refractivity (Wildman–Crippen MR) is 54.0 cm³/mol. The summed E-state index contributed by atoms with van der Waals surface area (Å²) in [6.07, 6.45) is 1.26. The number of aromatic amines is 1. The Morgan fingerprint density at radius 1 is 1.31 bits per heavy atom. The van der Waals surface area contributed by atoms with E-state index in [0.717, 1.165) is 6.42 Å². The number of halogens is 3. The fraction of sp³-hybridized carbons (Fsp3) is 0.700. The van der Waals surface area contributed by atoms with E-state index in [-0.39, 0.29) is 6.42 Å². The highest BCUT2D eigenvalue weighted by Crippen LogP contribution is 2.38. The Kier molecular flexibility index (Phi) is 3.07. The molecule has 0 aliphatic heterocycles. The molecule has 0 amide bonds. The van der Waals surface area contributed by atoms with Crippen molar-refractivity contribution in [1.82, 2.24) is 10.2 Å². The molecule has 0 radical (unpaired) electrons. The van der Waals surface area contributed by atoms with Crippen LogP contribution in [0.4, 0.5) is 18.9 Å². The molecule has 1 aliphatic rings. The van der Waals surface area contributed by atoms with Gasteiger partial charge in [0.1, 0.15) is 0 Å². The molecule has 1 aromatic rings. The quantitative estimate of drug-likeness (QED) is 0.824. The highest BCUT2D eigenvalue weighted by molar-refractivity contribution is 5.39. The summed E-state index contributed by atoms with van der Waals surface area (Å²) in [4.78, 5) is 0. The molecule has 1 heterocycles. The molecule has 2 atom stereocenters. The number of nitrogens with zero attached hydrogens (tertiary/aromatic N) is 1. The van der Waals surface area contributed by atoms with Gasteiger partial charge in [-0.2, -0.15) is 18.3 Å². The molecule has 2 rings (SSSR count). The fourth-order valence-corrected chi connectivity index (χ4v) is 2.24. The first-order valence-corrected chi connectivity index (χ1v) is 5.39. The standard InChI is InChI=1S/C10H14F3N3/c11-10(12,13)8-3-1-2-4-9(8)16-7-5-14-15-6-7/h5-6,8-9,16H,1-4H2,(H,14,15). The minimum Gasteiger partial charge on any atom is -0.379 e. The summed E-state index contributed by atoms with van der Waals surface area (Å²) in [6, 6.07) is -0.522. The van der Waals surface area contributed by atoms with Crippen LogP contribution in [-0.2, 0) is 0 Å². The van der Waals surface area contributed by atoms with Gasteiger partial charge in [0.25, 0.3) is 0 Å². The smallest absolute Gasteiger partial charge is 0.379 e. The molecule has 90 valence electrons. The molecule has 1 saturated carbocycles. The zero-order valence-corrected chi connectivity index (χ0v) is 8.72. The van der Waals surface area contributed by atoms with Gasteiger partial charge in [-0.1, -0.05) is 12.8 Å². The molecule has 1 aliphatic carbocycles. The maximum absolute atomic E-state index is 12.8. The predicted octanol–water partition coefficient (Wildman–Crippen LogP) is 2.94. The van der Waals surface area contributed by atoms with Crippen LogP contribution in [0.3, 0.4) is 0 Å². The number of nitrogens with one attached hydrogen (secondary N) is 2. The highest BCUT2D eigenvalue weighted by atomic mass is 19.4. The van der Waals surface area contributed by atoms with Crippen molar-refractivity contribution in [2.45, 2.75) is 37.9 Å². The van der Waals surface area contributed by atoms with Gasteiger partial charge in [0, 0.05) is 12.2 Å². The lowest BCUT2D eigenvalue weighted by molar-refractivity contribution is -0.184. The number of aromatic nitrogens is 2. The largest absolute Gasteiger partial charge is 0.393 e. The van der Waals surface area contributed by atoms with E-state index in [1.165, 1.54) is 6.20 Å². The molecule has 1 fully saturated rings. The normalized spacial score (nSPS) is 26.7. The van der Waals surface area contributed by atoms with Crippen molar-refractivity contribution >= 4 is 5.69 Å². The van der Waals surface area contributed by atoms with Crippen LogP contribution in [0.15, 0.2) is 12.4 Å². The lowest BCUT2D eigenvalue weighted by Crippen LogP contribution is -2.41. The number of hydrogen-bond acceptors (Lipinski definition) is 2. The number of H-pyrrole nitrogens is 1. The van der Waals surface area contributed by atoms with Gasteiger partial charge in [-0.25, -0.2) is 0 Å². The van der Waals surface area contributed by atoms with Crippen LogP contribution in [0.5, 0.6) is 0 Å². The third-order valence-corrected chi connectivity index (χ3v) is 3.04. The van der Waals surface area contributed by atoms with Gasteiger partial charge in [-0.05, 0) is 12.8 Å². The van der Waals surface area contributed by atoms with Crippen molar-refractivity contribution in [2.24, 2.45) is 5.92 Å². The Hall–Kier alpha value is -1.20. The Labute approximate surface area is 91.4 Å². The maximum atomic E-state index is 12.8. The van der Waals surface area contributed by atoms with E-state index in [1.54, 1.807) is 6.20 Å². The first-order valence-electron chi connectivity index (χ1n) is 5.39. The van der Waals surface area contributed by atoms with Crippen LogP contribution in [0.1, 0.15) is 25.7 Å². The Morgan fingerprint density at radius 2 is 2.06 bits per heavy atom. The maximum Gasteiger partial charge on any atom is 0.393 e. The molecule has 1 aromatic heterocycles. The van der Waals surface area contributed by atoms with Crippen LogP contribution < -0.4 is 5.32 Å².